The van der Waals surface area contributed by atoms with Gasteiger partial charge in [-0.2, -0.15) is 0 Å². The molecule has 2 aliphatic carbocycles. The predicted octanol–water partition coefficient (Wildman–Crippen LogP) is 4.12. The largest absolute Gasteiger partial charge is 0.298 e. The summed E-state index contributed by atoms with van der Waals surface area (Å²) in [5, 5.41) is 2.70. The highest BCUT2D eigenvalue weighted by atomic mass is 16.1. The highest BCUT2D eigenvalue weighted by molar-refractivity contribution is 5.86. The molecule has 5 rings (SSSR count). The Balaban J connectivity index is 1.69. The molecule has 3 aromatic rings. The van der Waals surface area contributed by atoms with Crippen molar-refractivity contribution in [1.82, 2.24) is 0 Å². The third-order valence-corrected chi connectivity index (χ3v) is 5.41. The lowest BCUT2D eigenvalue weighted by molar-refractivity contribution is 0.112. The van der Waals surface area contributed by atoms with Gasteiger partial charge in [-0.3, -0.25) is 4.79 Å². The van der Waals surface area contributed by atoms with E-state index < -0.39 is 0 Å². The average Bonchev–Trinajstić information content (AvgIpc) is 2.73. The highest BCUT2D eigenvalue weighted by Crippen LogP contribution is 2.28. The Hall–Kier alpha value is -3.19. The maximum Gasteiger partial charge on any atom is 0.150 e. The van der Waals surface area contributed by atoms with E-state index in [2.05, 4.69) is 54.6 Å². The lowest BCUT2D eigenvalue weighted by Crippen LogP contribution is -2.33. The van der Waals surface area contributed by atoms with Crippen LogP contribution < -0.4 is 10.4 Å². The molecule has 0 saturated heterocycles. The van der Waals surface area contributed by atoms with Crippen LogP contribution in [0.25, 0.3) is 28.9 Å². The molecule has 0 saturated carbocycles. The third kappa shape index (κ3) is 2.28. The molecule has 0 heterocycles. The summed E-state index contributed by atoms with van der Waals surface area (Å²) in [5.74, 6) is 0. The van der Waals surface area contributed by atoms with Gasteiger partial charge >= 0.3 is 0 Å². The van der Waals surface area contributed by atoms with E-state index in [0.29, 0.717) is 5.56 Å². The first-order valence-electron chi connectivity index (χ1n) is 9.03. The van der Waals surface area contributed by atoms with Crippen LogP contribution >= 0.6 is 0 Å². The second kappa shape index (κ2) is 5.96. The van der Waals surface area contributed by atoms with E-state index in [0.717, 1.165) is 19.1 Å². The maximum atomic E-state index is 10.9. The zero-order valence-electron chi connectivity index (χ0n) is 14.4. The summed E-state index contributed by atoms with van der Waals surface area (Å²) in [4.78, 5) is 10.9. The quantitative estimate of drug-likeness (QED) is 0.644. The van der Waals surface area contributed by atoms with Crippen LogP contribution in [-0.2, 0) is 6.42 Å². The molecule has 0 unspecified atom stereocenters. The zero-order chi connectivity index (χ0) is 17.5. The average molecular weight is 334 g/mol. The molecular formula is C25H18O. The van der Waals surface area contributed by atoms with Crippen LogP contribution in [0.4, 0.5) is 0 Å². The molecule has 0 amide bonds. The minimum Gasteiger partial charge on any atom is -0.298 e. The molecule has 1 heteroatoms. The lowest BCUT2D eigenvalue weighted by atomic mass is 9.85. The van der Waals surface area contributed by atoms with Gasteiger partial charge in [0.25, 0.3) is 0 Å². The van der Waals surface area contributed by atoms with Crippen LogP contribution in [-0.4, -0.2) is 6.29 Å². The molecule has 1 nitrogen and oxygen atoms in total. The fourth-order valence-corrected chi connectivity index (χ4v) is 4.14. The van der Waals surface area contributed by atoms with Crippen LogP contribution in [0.1, 0.15) is 33.5 Å². The van der Waals surface area contributed by atoms with Crippen molar-refractivity contribution in [3.63, 3.8) is 0 Å². The molecule has 0 spiro atoms. The van der Waals surface area contributed by atoms with E-state index in [1.807, 2.05) is 24.3 Å². The minimum atomic E-state index is 0.715. The molecule has 0 N–H and O–H groups in total. The number of fused-ring (bicyclic) bond motifs is 5. The van der Waals surface area contributed by atoms with Crippen LogP contribution in [0.5, 0.6) is 0 Å². The summed E-state index contributed by atoms with van der Waals surface area (Å²) >= 11 is 0. The standard InChI is InChI=1S/C25H18O/c26-16-17-8-10-19(11-9-17)21-6-3-7-22-23(21)14-15-24-20-5-2-1-4-18(20)12-13-25(22)24/h1-2,4-11,13-16H,3,12H2. The molecule has 0 atom stereocenters. The van der Waals surface area contributed by atoms with Gasteiger partial charge in [-0.25, -0.2) is 0 Å². The summed E-state index contributed by atoms with van der Waals surface area (Å²) in [6, 6.07) is 21.1. The van der Waals surface area contributed by atoms with Crippen molar-refractivity contribution >= 4 is 24.0 Å². The van der Waals surface area contributed by atoms with Crippen molar-refractivity contribution in [2.45, 2.75) is 12.8 Å². The fourth-order valence-electron chi connectivity index (χ4n) is 4.14. The Morgan fingerprint density at radius 3 is 2.31 bits per heavy atom. The van der Waals surface area contributed by atoms with Crippen molar-refractivity contribution in [3.05, 3.63) is 99.4 Å². The van der Waals surface area contributed by atoms with Crippen LogP contribution in [0.15, 0.2) is 66.7 Å². The van der Waals surface area contributed by atoms with Gasteiger partial charge in [0.05, 0.1) is 0 Å². The Bertz CT molecular complexity index is 1180. The molecule has 3 aromatic carbocycles. The normalized spacial score (nSPS) is 14.1. The number of hydrogen-bond donors (Lipinski definition) is 0. The summed E-state index contributed by atoms with van der Waals surface area (Å²) in [7, 11) is 0. The smallest absolute Gasteiger partial charge is 0.150 e. The van der Waals surface area contributed by atoms with Gasteiger partial charge in [0.2, 0.25) is 0 Å². The van der Waals surface area contributed by atoms with E-state index in [1.54, 1.807) is 0 Å². The Morgan fingerprint density at radius 1 is 0.692 bits per heavy atom. The molecular weight excluding hydrogens is 316 g/mol. The Morgan fingerprint density at radius 2 is 1.46 bits per heavy atom. The topological polar surface area (TPSA) is 17.1 Å². The second-order valence-corrected chi connectivity index (χ2v) is 6.85. The number of rotatable bonds is 2. The Kier molecular flexibility index (Phi) is 3.46. The zero-order valence-corrected chi connectivity index (χ0v) is 14.4. The van der Waals surface area contributed by atoms with E-state index >= 15 is 0 Å². The number of carbonyl (C=O) groups is 1. The van der Waals surface area contributed by atoms with Gasteiger partial charge in [-0.05, 0) is 56.7 Å². The highest BCUT2D eigenvalue weighted by Gasteiger charge is 2.16. The number of hydrogen-bond acceptors (Lipinski definition) is 1. The van der Waals surface area contributed by atoms with Crippen LogP contribution in [0.2, 0.25) is 0 Å². The molecule has 2 aliphatic rings. The van der Waals surface area contributed by atoms with Gasteiger partial charge in [-0.1, -0.05) is 78.9 Å². The predicted molar refractivity (Wildman–Crippen MR) is 107 cm³/mol. The number of carbonyl (C=O) groups excluding carboxylic acids is 1. The molecule has 0 fully saturated rings. The number of allylic oxidation sites excluding steroid dienone is 1. The van der Waals surface area contributed by atoms with Gasteiger partial charge in [0.1, 0.15) is 6.29 Å². The van der Waals surface area contributed by atoms with Gasteiger partial charge in [0, 0.05) is 5.56 Å². The van der Waals surface area contributed by atoms with Gasteiger partial charge in [-0.15, -0.1) is 0 Å². The summed E-state index contributed by atoms with van der Waals surface area (Å²) in [5.41, 5.74) is 8.51. The molecule has 26 heavy (non-hydrogen) atoms. The van der Waals surface area contributed by atoms with E-state index in [1.165, 1.54) is 43.8 Å². The maximum absolute atomic E-state index is 10.9. The van der Waals surface area contributed by atoms with Crippen molar-refractivity contribution < 1.29 is 4.79 Å². The van der Waals surface area contributed by atoms with Crippen molar-refractivity contribution in [1.29, 1.82) is 0 Å². The monoisotopic (exact) mass is 334 g/mol. The first-order chi connectivity index (χ1) is 12.8. The molecule has 0 bridgehead atoms. The van der Waals surface area contributed by atoms with E-state index in [9.17, 15) is 4.79 Å². The van der Waals surface area contributed by atoms with E-state index in [4.69, 9.17) is 0 Å². The van der Waals surface area contributed by atoms with Crippen LogP contribution in [0, 0.1) is 0 Å². The van der Waals surface area contributed by atoms with Crippen molar-refractivity contribution in [2.24, 2.45) is 0 Å². The molecule has 0 radical (unpaired) electrons. The van der Waals surface area contributed by atoms with Crippen LogP contribution in [0.3, 0.4) is 0 Å². The fraction of sp³-hybridized carbons (Fsp3) is 0.0800. The molecule has 0 aliphatic heterocycles. The minimum absolute atomic E-state index is 0.715. The molecule has 124 valence electrons. The summed E-state index contributed by atoms with van der Waals surface area (Å²) in [6.45, 7) is 0. The first-order valence-corrected chi connectivity index (χ1v) is 9.03. The van der Waals surface area contributed by atoms with Gasteiger partial charge < -0.3 is 0 Å². The number of benzene rings is 3. The lowest BCUT2D eigenvalue weighted by Gasteiger charge is -2.19. The van der Waals surface area contributed by atoms with Crippen molar-refractivity contribution in [2.75, 3.05) is 0 Å². The molecule has 0 aromatic heterocycles. The van der Waals surface area contributed by atoms with Gasteiger partial charge in [0.15, 0.2) is 0 Å². The third-order valence-electron chi connectivity index (χ3n) is 5.41. The first kappa shape index (κ1) is 15.1. The Labute approximate surface area is 152 Å². The SMILES string of the molecule is O=Cc1ccc(C2=CCC=c3c2ccc2c3=CCc3ccccc3-2)cc1. The van der Waals surface area contributed by atoms with Crippen molar-refractivity contribution in [3.8, 4) is 11.1 Å². The summed E-state index contributed by atoms with van der Waals surface area (Å²) in [6.07, 6.45) is 9.79. The summed E-state index contributed by atoms with van der Waals surface area (Å²) < 4.78 is 0. The van der Waals surface area contributed by atoms with E-state index in [-0.39, 0.29) is 0 Å². The number of aldehydes is 1. The second-order valence-electron chi connectivity index (χ2n) is 6.85.